The average molecular weight is 365 g/mol. The summed E-state index contributed by atoms with van der Waals surface area (Å²) < 4.78 is 0. The first-order chi connectivity index (χ1) is 12.8. The molecule has 3 aromatic rings. The van der Waals surface area contributed by atoms with Crippen molar-refractivity contribution in [3.63, 3.8) is 0 Å². The molecular formula is C23H26NOS+. The van der Waals surface area contributed by atoms with Crippen LogP contribution in [0.3, 0.4) is 0 Å². The molecule has 2 nitrogen and oxygen atoms in total. The molecule has 0 aliphatic rings. The van der Waals surface area contributed by atoms with E-state index < -0.39 is 0 Å². The first-order valence-corrected chi connectivity index (χ1v) is 10.3. The fraction of sp³-hybridized carbons (Fsp3) is 0.217. The Labute approximate surface area is 159 Å². The highest BCUT2D eigenvalue weighted by atomic mass is 32.2. The predicted molar refractivity (Wildman–Crippen MR) is 110 cm³/mol. The maximum absolute atomic E-state index is 9.25. The van der Waals surface area contributed by atoms with Crippen LogP contribution in [-0.4, -0.2) is 29.7 Å². The van der Waals surface area contributed by atoms with Crippen LogP contribution in [0.1, 0.15) is 12.5 Å². The summed E-state index contributed by atoms with van der Waals surface area (Å²) in [6.45, 7) is 4.85. The normalized spacial score (nSPS) is 11.2. The van der Waals surface area contributed by atoms with Gasteiger partial charge in [-0.2, -0.15) is 0 Å². The molecule has 26 heavy (non-hydrogen) atoms. The Kier molecular flexibility index (Phi) is 6.89. The molecule has 0 unspecified atom stereocenters. The first kappa shape index (κ1) is 18.7. The van der Waals surface area contributed by atoms with Crippen LogP contribution in [0.4, 0.5) is 0 Å². The van der Waals surface area contributed by atoms with Crippen molar-refractivity contribution >= 4 is 10.9 Å². The van der Waals surface area contributed by atoms with Gasteiger partial charge in [0.15, 0.2) is 14.7 Å². The molecule has 3 rings (SSSR count). The Morgan fingerprint density at radius 3 is 1.88 bits per heavy atom. The lowest BCUT2D eigenvalue weighted by molar-refractivity contribution is 0.196. The zero-order chi connectivity index (χ0) is 18.2. The smallest absolute Gasteiger partial charge is 0.166 e. The van der Waals surface area contributed by atoms with Gasteiger partial charge in [0.25, 0.3) is 0 Å². The minimum Gasteiger partial charge on any atom is -0.395 e. The average Bonchev–Trinajstić information content (AvgIpc) is 2.70. The van der Waals surface area contributed by atoms with Crippen LogP contribution in [0.2, 0.25) is 0 Å². The summed E-state index contributed by atoms with van der Waals surface area (Å²) in [5, 5.41) is 9.25. The molecule has 0 amide bonds. The zero-order valence-corrected chi connectivity index (χ0v) is 16.0. The number of nitrogens with zero attached hydrogens (tertiary/aromatic N) is 1. The molecule has 0 saturated heterocycles. The van der Waals surface area contributed by atoms with E-state index in [1.807, 2.05) is 0 Å². The van der Waals surface area contributed by atoms with E-state index in [-0.39, 0.29) is 17.5 Å². The molecule has 0 aromatic heterocycles. The molecule has 0 atom stereocenters. The standard InChI is InChI=1S/C23H26NOS/c1-2-24(16-17-25)19-20-10-9-15-23(18-20)26(21-11-5-3-6-12-21)22-13-7-4-8-14-22/h3-15,18,25H,2,16-17,19H2,1H3/q+1. The van der Waals surface area contributed by atoms with Gasteiger partial charge in [-0.3, -0.25) is 4.90 Å². The van der Waals surface area contributed by atoms with Crippen LogP contribution in [0.5, 0.6) is 0 Å². The fourth-order valence-electron chi connectivity index (χ4n) is 3.04. The van der Waals surface area contributed by atoms with E-state index in [9.17, 15) is 5.11 Å². The van der Waals surface area contributed by atoms with Gasteiger partial charge in [0, 0.05) is 13.1 Å². The second-order valence-electron chi connectivity index (χ2n) is 6.17. The third-order valence-electron chi connectivity index (χ3n) is 4.36. The van der Waals surface area contributed by atoms with E-state index in [2.05, 4.69) is 96.8 Å². The molecule has 0 aliphatic heterocycles. The minimum atomic E-state index is -0.113. The van der Waals surface area contributed by atoms with Gasteiger partial charge in [0.2, 0.25) is 0 Å². The summed E-state index contributed by atoms with van der Waals surface area (Å²) in [5.41, 5.74) is 1.29. The maximum Gasteiger partial charge on any atom is 0.166 e. The lowest BCUT2D eigenvalue weighted by Crippen LogP contribution is -2.26. The van der Waals surface area contributed by atoms with Gasteiger partial charge < -0.3 is 5.11 Å². The summed E-state index contributed by atoms with van der Waals surface area (Å²) in [6, 6.07) is 30.3. The summed E-state index contributed by atoms with van der Waals surface area (Å²) in [6.07, 6.45) is 0. The van der Waals surface area contributed by atoms with Gasteiger partial charge in [-0.25, -0.2) is 0 Å². The summed E-state index contributed by atoms with van der Waals surface area (Å²) in [5.74, 6) is 0. The van der Waals surface area contributed by atoms with Crippen LogP contribution in [0.15, 0.2) is 99.6 Å². The van der Waals surface area contributed by atoms with Gasteiger partial charge in [0.1, 0.15) is 0 Å². The minimum absolute atomic E-state index is 0.113. The van der Waals surface area contributed by atoms with E-state index in [1.165, 1.54) is 20.2 Å². The number of aliphatic hydroxyl groups is 1. The van der Waals surface area contributed by atoms with E-state index in [0.29, 0.717) is 6.54 Å². The Balaban J connectivity index is 1.96. The third-order valence-corrected chi connectivity index (χ3v) is 6.57. The van der Waals surface area contributed by atoms with E-state index in [0.717, 1.165) is 13.1 Å². The van der Waals surface area contributed by atoms with Crippen molar-refractivity contribution in [3.05, 3.63) is 90.5 Å². The Morgan fingerprint density at radius 1 is 0.769 bits per heavy atom. The lowest BCUT2D eigenvalue weighted by atomic mass is 10.2. The van der Waals surface area contributed by atoms with E-state index >= 15 is 0 Å². The fourth-order valence-corrected chi connectivity index (χ4v) is 5.20. The van der Waals surface area contributed by atoms with Gasteiger partial charge in [0.05, 0.1) is 17.5 Å². The second-order valence-corrected chi connectivity index (χ2v) is 8.20. The quantitative estimate of drug-likeness (QED) is 0.591. The van der Waals surface area contributed by atoms with Crippen LogP contribution in [-0.2, 0) is 17.4 Å². The van der Waals surface area contributed by atoms with E-state index in [1.54, 1.807) is 0 Å². The number of aliphatic hydroxyl groups excluding tert-OH is 1. The highest BCUT2D eigenvalue weighted by Gasteiger charge is 2.28. The number of hydrogen-bond acceptors (Lipinski definition) is 2. The summed E-state index contributed by atoms with van der Waals surface area (Å²) >= 11 is 0. The Hall–Kier alpha value is -2.07. The van der Waals surface area contributed by atoms with Crippen molar-refractivity contribution in [2.75, 3.05) is 19.7 Å². The molecule has 3 aromatic carbocycles. The van der Waals surface area contributed by atoms with Gasteiger partial charge in [-0.15, -0.1) is 0 Å². The Morgan fingerprint density at radius 2 is 1.35 bits per heavy atom. The molecule has 1 N–H and O–H groups in total. The van der Waals surface area contributed by atoms with Crippen molar-refractivity contribution in [1.29, 1.82) is 0 Å². The molecule has 0 saturated carbocycles. The molecular weight excluding hydrogens is 338 g/mol. The SMILES string of the molecule is CCN(CCO)Cc1cccc([S+](c2ccccc2)c2ccccc2)c1. The summed E-state index contributed by atoms with van der Waals surface area (Å²) in [7, 11) is -0.113. The predicted octanol–water partition coefficient (Wildman–Crippen LogP) is 4.60. The largest absolute Gasteiger partial charge is 0.395 e. The third kappa shape index (κ3) is 4.76. The van der Waals surface area contributed by atoms with Gasteiger partial charge in [-0.1, -0.05) is 55.5 Å². The van der Waals surface area contributed by atoms with Crippen LogP contribution in [0.25, 0.3) is 0 Å². The van der Waals surface area contributed by atoms with Gasteiger partial charge >= 0.3 is 0 Å². The van der Waals surface area contributed by atoms with Gasteiger partial charge in [-0.05, 0) is 48.5 Å². The molecule has 0 bridgehead atoms. The Bertz CT molecular complexity index is 752. The molecule has 0 fully saturated rings. The topological polar surface area (TPSA) is 23.5 Å². The van der Waals surface area contributed by atoms with Crippen LogP contribution < -0.4 is 0 Å². The summed E-state index contributed by atoms with van der Waals surface area (Å²) in [4.78, 5) is 6.26. The van der Waals surface area contributed by atoms with Crippen molar-refractivity contribution in [3.8, 4) is 0 Å². The molecule has 0 heterocycles. The molecule has 0 radical (unpaired) electrons. The number of benzene rings is 3. The number of likely N-dealkylation sites (N-methyl/N-ethyl adjacent to an activating group) is 1. The lowest BCUT2D eigenvalue weighted by Gasteiger charge is -2.19. The van der Waals surface area contributed by atoms with E-state index in [4.69, 9.17) is 0 Å². The first-order valence-electron chi connectivity index (χ1n) is 9.08. The molecule has 0 spiro atoms. The maximum atomic E-state index is 9.25. The van der Waals surface area contributed by atoms with Crippen molar-refractivity contribution in [2.45, 2.75) is 28.2 Å². The van der Waals surface area contributed by atoms with Crippen LogP contribution in [0, 0.1) is 0 Å². The highest BCUT2D eigenvalue weighted by molar-refractivity contribution is 7.97. The molecule has 3 heteroatoms. The highest BCUT2D eigenvalue weighted by Crippen LogP contribution is 2.31. The monoisotopic (exact) mass is 364 g/mol. The number of hydrogen-bond donors (Lipinski definition) is 1. The van der Waals surface area contributed by atoms with Crippen LogP contribution >= 0.6 is 0 Å². The van der Waals surface area contributed by atoms with Crippen molar-refractivity contribution in [1.82, 2.24) is 4.90 Å². The second kappa shape index (κ2) is 9.58. The van der Waals surface area contributed by atoms with Crippen molar-refractivity contribution < 1.29 is 5.11 Å². The zero-order valence-electron chi connectivity index (χ0n) is 15.2. The molecule has 0 aliphatic carbocycles. The van der Waals surface area contributed by atoms with Crippen molar-refractivity contribution in [2.24, 2.45) is 0 Å². The molecule has 134 valence electrons. The number of rotatable bonds is 8.